The highest BCUT2D eigenvalue weighted by Gasteiger charge is 2.24. The van der Waals surface area contributed by atoms with E-state index in [1.165, 1.54) is 18.2 Å². The van der Waals surface area contributed by atoms with Gasteiger partial charge in [-0.3, -0.25) is 14.9 Å². The molecule has 148 valence electrons. The van der Waals surface area contributed by atoms with Crippen LogP contribution in [-0.2, 0) is 21.2 Å². The molecule has 0 saturated heterocycles. The second-order valence-electron chi connectivity index (χ2n) is 6.42. The minimum absolute atomic E-state index is 0.0823. The highest BCUT2D eigenvalue weighted by Crippen LogP contribution is 2.23. The number of hydrogen-bond donors (Lipinski definition) is 0. The number of para-hydroxylation sites is 1. The second-order valence-corrected chi connectivity index (χ2v) is 8.50. The molecule has 0 aromatic heterocycles. The maximum absolute atomic E-state index is 12.7. The van der Waals surface area contributed by atoms with E-state index in [4.69, 9.17) is 0 Å². The predicted molar refractivity (Wildman–Crippen MR) is 108 cm³/mol. The maximum atomic E-state index is 12.7. The molecule has 2 aromatic carbocycles. The number of carbonyl (C=O) groups excluding carboxylic acids is 1. The van der Waals surface area contributed by atoms with Gasteiger partial charge in [0.05, 0.1) is 16.2 Å². The molecule has 0 spiro atoms. The highest BCUT2D eigenvalue weighted by molar-refractivity contribution is 7.96. The highest BCUT2D eigenvalue weighted by atomic mass is 32.2. The molecule has 0 atom stereocenters. The van der Waals surface area contributed by atoms with Crippen molar-refractivity contribution in [3.63, 3.8) is 0 Å². The molecule has 0 saturated carbocycles. The van der Waals surface area contributed by atoms with E-state index in [0.29, 0.717) is 6.54 Å². The van der Waals surface area contributed by atoms with Crippen molar-refractivity contribution in [1.82, 2.24) is 4.90 Å². The molecule has 0 radical (unpaired) electrons. The first-order chi connectivity index (χ1) is 13.2. The fourth-order valence-corrected chi connectivity index (χ4v) is 4.20. The number of Topliss-reactive ketones (excluding diaryl/α,β-unsaturated/α-hetero) is 1. The SMILES string of the molecule is CC(=O)C(=Cc1ccccc1[N+](=O)[O-])S(=O)(=O)CCN(C)Cc1ccccc1. The molecule has 7 nitrogen and oxygen atoms in total. The molecule has 2 aromatic rings. The van der Waals surface area contributed by atoms with Gasteiger partial charge in [0.1, 0.15) is 4.91 Å². The Labute approximate surface area is 164 Å². The minimum atomic E-state index is -3.90. The topological polar surface area (TPSA) is 97.6 Å². The van der Waals surface area contributed by atoms with E-state index in [-0.39, 0.29) is 23.5 Å². The third kappa shape index (κ3) is 5.83. The third-order valence-electron chi connectivity index (χ3n) is 4.14. The van der Waals surface area contributed by atoms with Crippen LogP contribution in [0.25, 0.3) is 6.08 Å². The van der Waals surface area contributed by atoms with Gasteiger partial charge in [0.15, 0.2) is 15.6 Å². The molecule has 0 unspecified atom stereocenters. The van der Waals surface area contributed by atoms with Crippen LogP contribution in [0.5, 0.6) is 0 Å². The molecular weight excluding hydrogens is 380 g/mol. The quantitative estimate of drug-likeness (QED) is 0.363. The van der Waals surface area contributed by atoms with Crippen LogP contribution in [0.4, 0.5) is 5.69 Å². The summed E-state index contributed by atoms with van der Waals surface area (Å²) in [7, 11) is -2.11. The van der Waals surface area contributed by atoms with Gasteiger partial charge < -0.3 is 4.90 Å². The van der Waals surface area contributed by atoms with Crippen LogP contribution in [0, 0.1) is 10.1 Å². The molecule has 0 N–H and O–H groups in total. The monoisotopic (exact) mass is 402 g/mol. The fraction of sp³-hybridized carbons (Fsp3) is 0.250. The Morgan fingerprint density at radius 3 is 2.32 bits per heavy atom. The smallest absolute Gasteiger partial charge is 0.276 e. The van der Waals surface area contributed by atoms with Crippen LogP contribution in [0.15, 0.2) is 59.5 Å². The first-order valence-corrected chi connectivity index (χ1v) is 10.3. The number of ketones is 1. The summed E-state index contributed by atoms with van der Waals surface area (Å²) in [6, 6.07) is 15.3. The number of rotatable bonds is 9. The number of nitrogens with zero attached hydrogens (tertiary/aromatic N) is 2. The van der Waals surface area contributed by atoms with Crippen molar-refractivity contribution in [2.24, 2.45) is 0 Å². The van der Waals surface area contributed by atoms with Crippen LogP contribution < -0.4 is 0 Å². The van der Waals surface area contributed by atoms with E-state index in [1.54, 1.807) is 13.1 Å². The Hall–Kier alpha value is -2.84. The van der Waals surface area contributed by atoms with Gasteiger partial charge in [-0.2, -0.15) is 0 Å². The molecule has 28 heavy (non-hydrogen) atoms. The number of carbonyl (C=O) groups is 1. The van der Waals surface area contributed by atoms with E-state index < -0.39 is 25.4 Å². The third-order valence-corrected chi connectivity index (χ3v) is 5.93. The second kappa shape index (κ2) is 9.38. The van der Waals surface area contributed by atoms with Crippen LogP contribution in [0.2, 0.25) is 0 Å². The lowest BCUT2D eigenvalue weighted by Gasteiger charge is -2.17. The lowest BCUT2D eigenvalue weighted by Crippen LogP contribution is -2.27. The Kier molecular flexibility index (Phi) is 7.19. The van der Waals surface area contributed by atoms with E-state index in [1.807, 2.05) is 35.2 Å². The zero-order valence-corrected chi connectivity index (χ0v) is 16.6. The number of nitro benzene ring substituents is 1. The largest absolute Gasteiger partial charge is 0.301 e. The maximum Gasteiger partial charge on any atom is 0.276 e. The fourth-order valence-electron chi connectivity index (χ4n) is 2.69. The summed E-state index contributed by atoms with van der Waals surface area (Å²) in [5.41, 5.74) is 0.876. The van der Waals surface area contributed by atoms with E-state index in [0.717, 1.165) is 18.6 Å². The zero-order chi connectivity index (χ0) is 20.7. The van der Waals surface area contributed by atoms with E-state index in [2.05, 4.69) is 0 Å². The number of nitro groups is 1. The summed E-state index contributed by atoms with van der Waals surface area (Å²) in [5.74, 6) is -0.911. The van der Waals surface area contributed by atoms with E-state index in [9.17, 15) is 23.3 Å². The van der Waals surface area contributed by atoms with Gasteiger partial charge in [0.2, 0.25) is 0 Å². The van der Waals surface area contributed by atoms with Gasteiger partial charge in [-0.15, -0.1) is 0 Å². The van der Waals surface area contributed by atoms with Gasteiger partial charge in [0.25, 0.3) is 5.69 Å². The molecule has 0 aliphatic carbocycles. The lowest BCUT2D eigenvalue weighted by atomic mass is 10.1. The number of allylic oxidation sites excluding steroid dienone is 1. The molecule has 0 aliphatic rings. The first kappa shape index (κ1) is 21.5. The van der Waals surface area contributed by atoms with Gasteiger partial charge in [-0.05, 0) is 31.7 Å². The number of benzene rings is 2. The normalized spacial score (nSPS) is 12.2. The summed E-state index contributed by atoms with van der Waals surface area (Å²) in [4.78, 5) is 23.9. The van der Waals surface area contributed by atoms with Crippen LogP contribution in [-0.4, -0.2) is 43.4 Å². The molecule has 0 fully saturated rings. The zero-order valence-electron chi connectivity index (χ0n) is 15.7. The first-order valence-electron chi connectivity index (χ1n) is 8.62. The van der Waals surface area contributed by atoms with Crippen molar-refractivity contribution < 1.29 is 18.1 Å². The Balaban J connectivity index is 2.20. The average Bonchev–Trinajstić information content (AvgIpc) is 2.65. The van der Waals surface area contributed by atoms with Crippen molar-refractivity contribution in [3.05, 3.63) is 80.7 Å². The van der Waals surface area contributed by atoms with Crippen molar-refractivity contribution >= 4 is 27.4 Å². The molecule has 0 aliphatic heterocycles. The van der Waals surface area contributed by atoms with E-state index >= 15 is 0 Å². The molecule has 0 amide bonds. The van der Waals surface area contributed by atoms with Crippen molar-refractivity contribution in [2.75, 3.05) is 19.3 Å². The van der Waals surface area contributed by atoms with Gasteiger partial charge >= 0.3 is 0 Å². The summed E-state index contributed by atoms with van der Waals surface area (Å²) < 4.78 is 25.5. The predicted octanol–water partition coefficient (Wildman–Crippen LogP) is 3.07. The Morgan fingerprint density at radius 2 is 1.71 bits per heavy atom. The standard InChI is InChI=1S/C20H22N2O5S/c1-16(23)20(14-18-10-6-7-11-19(18)22(24)25)28(26,27)13-12-21(2)15-17-8-4-3-5-9-17/h3-11,14H,12-13,15H2,1-2H3. The Bertz CT molecular complexity index is 985. The number of sulfone groups is 1. The van der Waals surface area contributed by atoms with Crippen molar-refractivity contribution in [2.45, 2.75) is 13.5 Å². The summed E-state index contributed by atoms with van der Waals surface area (Å²) in [6.07, 6.45) is 1.09. The molecule has 0 heterocycles. The summed E-state index contributed by atoms with van der Waals surface area (Å²) >= 11 is 0. The molecular formula is C20H22N2O5S. The summed E-state index contributed by atoms with van der Waals surface area (Å²) in [5, 5.41) is 11.1. The number of hydrogen-bond acceptors (Lipinski definition) is 6. The van der Waals surface area contributed by atoms with Gasteiger partial charge in [0, 0.05) is 19.2 Å². The van der Waals surface area contributed by atoms with Crippen molar-refractivity contribution in [1.29, 1.82) is 0 Å². The van der Waals surface area contributed by atoms with Gasteiger partial charge in [-0.1, -0.05) is 42.5 Å². The van der Waals surface area contributed by atoms with Crippen LogP contribution in [0.3, 0.4) is 0 Å². The summed E-state index contributed by atoms with van der Waals surface area (Å²) in [6.45, 7) is 1.93. The molecule has 8 heteroatoms. The Morgan fingerprint density at radius 1 is 1.11 bits per heavy atom. The van der Waals surface area contributed by atoms with Crippen LogP contribution in [0.1, 0.15) is 18.1 Å². The van der Waals surface area contributed by atoms with Crippen molar-refractivity contribution in [3.8, 4) is 0 Å². The molecule has 2 rings (SSSR count). The minimum Gasteiger partial charge on any atom is -0.301 e. The average molecular weight is 402 g/mol. The lowest BCUT2D eigenvalue weighted by molar-refractivity contribution is -0.385. The molecule has 0 bridgehead atoms. The van der Waals surface area contributed by atoms with Crippen LogP contribution >= 0.6 is 0 Å². The van der Waals surface area contributed by atoms with Gasteiger partial charge in [-0.25, -0.2) is 8.42 Å².